The third kappa shape index (κ3) is 5.05. The zero-order chi connectivity index (χ0) is 41.9. The lowest BCUT2D eigenvalue weighted by atomic mass is 9.82. The van der Waals surface area contributed by atoms with E-state index in [2.05, 4.69) is 231 Å². The average Bonchev–Trinajstić information content (AvgIpc) is 3.36. The molecule has 0 nitrogen and oxygen atoms in total. The Morgan fingerprint density at radius 3 is 0.734 bits per heavy atom. The lowest BCUT2D eigenvalue weighted by Crippen LogP contribution is -1.93. The van der Waals surface area contributed by atoms with E-state index in [-0.39, 0.29) is 0 Å². The number of fused-ring (bicyclic) bond motifs is 6. The van der Waals surface area contributed by atoms with Gasteiger partial charge in [0.05, 0.1) is 0 Å². The van der Waals surface area contributed by atoms with Crippen LogP contribution in [0.5, 0.6) is 0 Å². The Morgan fingerprint density at radius 2 is 0.422 bits per heavy atom. The Bertz CT molecular complexity index is 3780. The van der Waals surface area contributed by atoms with E-state index < -0.39 is 0 Å². The predicted molar refractivity (Wildman–Crippen MR) is 277 cm³/mol. The van der Waals surface area contributed by atoms with Crippen LogP contribution in [0.3, 0.4) is 0 Å². The molecule has 0 aliphatic heterocycles. The van der Waals surface area contributed by atoms with E-state index in [1.807, 2.05) is 0 Å². The SMILES string of the molecule is c1ccc2c(-c3c4ccccc4c(-c4cc5ccc6cc(-c7c8ccccc8c(-c8cccc9ccccc89)c8ccccc78)cc7ccc(c4)c5c67)c4ccccc34)cccc2c1. The molecule has 64 heavy (non-hydrogen) atoms. The molecule has 0 fully saturated rings. The van der Waals surface area contributed by atoms with Crippen molar-refractivity contribution in [1.29, 1.82) is 0 Å². The fraction of sp³-hybridized carbons (Fsp3) is 0. The first-order chi connectivity index (χ1) is 31.8. The highest BCUT2D eigenvalue weighted by Gasteiger charge is 2.22. The molecule has 0 saturated carbocycles. The zero-order valence-electron chi connectivity index (χ0n) is 34.9. The highest BCUT2D eigenvalue weighted by atomic mass is 14.2. The Hall–Kier alpha value is -8.32. The van der Waals surface area contributed by atoms with Gasteiger partial charge in [-0.2, -0.15) is 0 Å². The normalized spacial score (nSPS) is 12.1. The fourth-order valence-electron chi connectivity index (χ4n) is 11.5. The molecule has 0 N–H and O–H groups in total. The third-order valence-corrected chi connectivity index (χ3v) is 14.1. The van der Waals surface area contributed by atoms with Gasteiger partial charge in [0, 0.05) is 0 Å². The van der Waals surface area contributed by atoms with Crippen LogP contribution in [-0.2, 0) is 0 Å². The molecule has 0 bridgehead atoms. The summed E-state index contributed by atoms with van der Waals surface area (Å²) in [5, 5.41) is 23.0. The standard InChI is InChI=1S/C64H38/c1-3-19-47-39(15-1)17-13-29-49(47)63-55-25-9-5-21-51(55)61(52-22-6-10-26-56(52)63)45-35-41-31-33-43-37-46(38-44-34-32-42(36-45)59(41)60(43)44)62-53-23-7-11-27-57(53)64(58-28-12-8-24-54(58)62)50-30-14-18-40-16-2-4-20-48(40)50/h1-38H. The van der Waals surface area contributed by atoms with Crippen molar-refractivity contribution in [2.24, 2.45) is 0 Å². The van der Waals surface area contributed by atoms with Gasteiger partial charge in [0.2, 0.25) is 0 Å². The van der Waals surface area contributed by atoms with Crippen LogP contribution in [0.1, 0.15) is 0 Å². The summed E-state index contributed by atoms with van der Waals surface area (Å²) in [6.07, 6.45) is 0. The minimum Gasteiger partial charge on any atom is -0.0616 e. The molecular formula is C64H38. The lowest BCUT2D eigenvalue weighted by molar-refractivity contribution is 1.68. The van der Waals surface area contributed by atoms with E-state index in [9.17, 15) is 0 Å². The van der Waals surface area contributed by atoms with Crippen LogP contribution in [0.2, 0.25) is 0 Å². The molecule has 0 aliphatic rings. The van der Waals surface area contributed by atoms with E-state index in [1.54, 1.807) is 0 Å². The van der Waals surface area contributed by atoms with Gasteiger partial charge in [-0.15, -0.1) is 0 Å². The Kier molecular flexibility index (Phi) is 7.49. The van der Waals surface area contributed by atoms with Crippen molar-refractivity contribution in [3.05, 3.63) is 231 Å². The third-order valence-electron chi connectivity index (χ3n) is 14.1. The molecule has 0 spiro atoms. The smallest absolute Gasteiger partial charge is 0.00201 e. The minimum absolute atomic E-state index is 1.24. The summed E-state index contributed by atoms with van der Waals surface area (Å²) in [4.78, 5) is 0. The molecule has 14 rings (SSSR count). The monoisotopic (exact) mass is 806 g/mol. The summed E-state index contributed by atoms with van der Waals surface area (Å²) in [6, 6.07) is 86.2. The second kappa shape index (κ2) is 13.6. The summed E-state index contributed by atoms with van der Waals surface area (Å²) >= 11 is 0. The molecular weight excluding hydrogens is 769 g/mol. The van der Waals surface area contributed by atoms with Gasteiger partial charge in [-0.25, -0.2) is 0 Å². The van der Waals surface area contributed by atoms with Crippen LogP contribution in [0.4, 0.5) is 0 Å². The Balaban J connectivity index is 0.984. The van der Waals surface area contributed by atoms with Crippen LogP contribution in [0, 0.1) is 0 Å². The van der Waals surface area contributed by atoms with E-state index in [0.29, 0.717) is 0 Å². The summed E-state index contributed by atoms with van der Waals surface area (Å²) in [6.45, 7) is 0. The molecule has 14 aromatic carbocycles. The van der Waals surface area contributed by atoms with Crippen molar-refractivity contribution in [1.82, 2.24) is 0 Å². The minimum atomic E-state index is 1.24. The molecule has 0 heterocycles. The number of hydrogen-bond acceptors (Lipinski definition) is 0. The second-order valence-corrected chi connectivity index (χ2v) is 17.5. The fourth-order valence-corrected chi connectivity index (χ4v) is 11.5. The van der Waals surface area contributed by atoms with Gasteiger partial charge in [-0.3, -0.25) is 0 Å². The highest BCUT2D eigenvalue weighted by Crippen LogP contribution is 2.49. The Morgan fingerprint density at radius 1 is 0.172 bits per heavy atom. The molecule has 294 valence electrons. The van der Waals surface area contributed by atoms with Gasteiger partial charge in [0.1, 0.15) is 0 Å². The number of benzene rings is 14. The molecule has 0 saturated heterocycles. The van der Waals surface area contributed by atoms with E-state index in [1.165, 1.54) is 141 Å². The average molecular weight is 807 g/mol. The van der Waals surface area contributed by atoms with Crippen molar-refractivity contribution in [3.8, 4) is 44.5 Å². The molecule has 0 aliphatic carbocycles. The second-order valence-electron chi connectivity index (χ2n) is 17.5. The maximum absolute atomic E-state index is 2.44. The maximum atomic E-state index is 2.44. The quantitative estimate of drug-likeness (QED) is 0.123. The summed E-state index contributed by atoms with van der Waals surface area (Å²) in [5.41, 5.74) is 10.2. The first kappa shape index (κ1) is 35.3. The van der Waals surface area contributed by atoms with Gasteiger partial charge in [0.25, 0.3) is 0 Å². The summed E-state index contributed by atoms with van der Waals surface area (Å²) in [7, 11) is 0. The zero-order valence-corrected chi connectivity index (χ0v) is 34.9. The number of rotatable bonds is 4. The molecule has 14 aromatic rings. The van der Waals surface area contributed by atoms with Crippen molar-refractivity contribution >= 4 is 97.0 Å². The van der Waals surface area contributed by atoms with Gasteiger partial charge >= 0.3 is 0 Å². The highest BCUT2D eigenvalue weighted by molar-refractivity contribution is 6.29. The first-order valence-electron chi connectivity index (χ1n) is 22.3. The van der Waals surface area contributed by atoms with Crippen molar-refractivity contribution in [2.45, 2.75) is 0 Å². The molecule has 0 radical (unpaired) electrons. The molecule has 0 aromatic heterocycles. The van der Waals surface area contributed by atoms with Crippen molar-refractivity contribution < 1.29 is 0 Å². The van der Waals surface area contributed by atoms with Gasteiger partial charge in [-0.05, 0) is 166 Å². The lowest BCUT2D eigenvalue weighted by Gasteiger charge is -2.21. The van der Waals surface area contributed by atoms with Gasteiger partial charge < -0.3 is 0 Å². The van der Waals surface area contributed by atoms with Crippen LogP contribution in [0.25, 0.3) is 141 Å². The largest absolute Gasteiger partial charge is 0.0616 e. The van der Waals surface area contributed by atoms with E-state index >= 15 is 0 Å². The summed E-state index contributed by atoms with van der Waals surface area (Å²) < 4.78 is 0. The Labute approximate surface area is 370 Å². The number of hydrogen-bond donors (Lipinski definition) is 0. The van der Waals surface area contributed by atoms with Crippen molar-refractivity contribution in [3.63, 3.8) is 0 Å². The summed E-state index contributed by atoms with van der Waals surface area (Å²) in [5.74, 6) is 0. The van der Waals surface area contributed by atoms with Gasteiger partial charge in [-0.1, -0.05) is 206 Å². The maximum Gasteiger partial charge on any atom is -0.00201 e. The molecule has 0 atom stereocenters. The van der Waals surface area contributed by atoms with Crippen LogP contribution in [-0.4, -0.2) is 0 Å². The first-order valence-corrected chi connectivity index (χ1v) is 22.3. The topological polar surface area (TPSA) is 0 Å². The van der Waals surface area contributed by atoms with Crippen molar-refractivity contribution in [2.75, 3.05) is 0 Å². The van der Waals surface area contributed by atoms with Crippen LogP contribution < -0.4 is 0 Å². The van der Waals surface area contributed by atoms with Crippen LogP contribution in [0.15, 0.2) is 231 Å². The van der Waals surface area contributed by atoms with E-state index in [0.717, 1.165) is 0 Å². The molecule has 0 amide bonds. The van der Waals surface area contributed by atoms with Crippen LogP contribution >= 0.6 is 0 Å². The molecule has 0 heteroatoms. The molecule has 0 unspecified atom stereocenters. The van der Waals surface area contributed by atoms with Gasteiger partial charge in [0.15, 0.2) is 0 Å². The predicted octanol–water partition coefficient (Wildman–Crippen LogP) is 18.2. The van der Waals surface area contributed by atoms with E-state index in [4.69, 9.17) is 0 Å².